The van der Waals surface area contributed by atoms with Gasteiger partial charge in [0.15, 0.2) is 0 Å². The molecule has 0 saturated carbocycles. The molecule has 0 unspecified atom stereocenters. The molecule has 2 aromatic rings. The number of alkyl halides is 1. The lowest BCUT2D eigenvalue weighted by atomic mass is 10.2. The van der Waals surface area contributed by atoms with Crippen molar-refractivity contribution in [1.82, 2.24) is 4.98 Å². The number of unbranched alkanes of at least 4 members (excludes halogenated alkanes) is 1. The van der Waals surface area contributed by atoms with E-state index < -0.39 is 0 Å². The van der Waals surface area contributed by atoms with E-state index in [2.05, 4.69) is 4.98 Å². The van der Waals surface area contributed by atoms with E-state index in [4.69, 9.17) is 23.2 Å². The highest BCUT2D eigenvalue weighted by molar-refractivity contribution is 7.18. The van der Waals surface area contributed by atoms with Crippen LogP contribution in [0.25, 0.3) is 10.2 Å². The number of aromatic nitrogens is 1. The molecule has 0 aliphatic carbocycles. The Labute approximate surface area is 103 Å². The van der Waals surface area contributed by atoms with E-state index in [-0.39, 0.29) is 0 Å². The zero-order valence-corrected chi connectivity index (χ0v) is 10.5. The Morgan fingerprint density at radius 3 is 2.93 bits per heavy atom. The lowest BCUT2D eigenvalue weighted by Crippen LogP contribution is -1.84. The van der Waals surface area contributed by atoms with Gasteiger partial charge in [-0.05, 0) is 37.5 Å². The largest absolute Gasteiger partial charge is 0.241 e. The van der Waals surface area contributed by atoms with Gasteiger partial charge in [-0.15, -0.1) is 22.9 Å². The Morgan fingerprint density at radius 1 is 1.27 bits per heavy atom. The smallest absolute Gasteiger partial charge is 0.0938 e. The van der Waals surface area contributed by atoms with Crippen LogP contribution in [-0.2, 0) is 6.42 Å². The molecular formula is C11H11Cl2NS. The third-order valence-electron chi connectivity index (χ3n) is 2.17. The Morgan fingerprint density at radius 2 is 2.13 bits per heavy atom. The molecule has 0 spiro atoms. The number of rotatable bonds is 4. The lowest BCUT2D eigenvalue weighted by Gasteiger charge is -1.92. The van der Waals surface area contributed by atoms with Crippen molar-refractivity contribution < 1.29 is 0 Å². The minimum Gasteiger partial charge on any atom is -0.241 e. The quantitative estimate of drug-likeness (QED) is 0.582. The van der Waals surface area contributed by atoms with Crippen molar-refractivity contribution in [2.75, 3.05) is 5.88 Å². The predicted octanol–water partition coefficient (Wildman–Crippen LogP) is 4.51. The van der Waals surface area contributed by atoms with Gasteiger partial charge < -0.3 is 0 Å². The highest BCUT2D eigenvalue weighted by Gasteiger charge is 2.03. The van der Waals surface area contributed by atoms with Crippen molar-refractivity contribution in [2.45, 2.75) is 19.3 Å². The Bertz CT molecular complexity index is 453. The number of aryl methyl sites for hydroxylation is 1. The predicted molar refractivity (Wildman–Crippen MR) is 68.3 cm³/mol. The van der Waals surface area contributed by atoms with E-state index in [1.807, 2.05) is 18.2 Å². The van der Waals surface area contributed by atoms with Crippen molar-refractivity contribution in [2.24, 2.45) is 0 Å². The molecule has 0 bridgehead atoms. The van der Waals surface area contributed by atoms with E-state index in [0.717, 1.165) is 35.7 Å². The van der Waals surface area contributed by atoms with Crippen molar-refractivity contribution >= 4 is 44.8 Å². The van der Waals surface area contributed by atoms with Crippen molar-refractivity contribution in [3.63, 3.8) is 0 Å². The number of fused-ring (bicyclic) bond motifs is 1. The molecule has 0 amide bonds. The van der Waals surface area contributed by atoms with Gasteiger partial charge in [-0.3, -0.25) is 0 Å². The SMILES string of the molecule is ClCCCCc1nc2cc(Cl)ccc2s1. The van der Waals surface area contributed by atoms with Gasteiger partial charge in [-0.1, -0.05) is 11.6 Å². The van der Waals surface area contributed by atoms with Gasteiger partial charge in [0.25, 0.3) is 0 Å². The molecule has 0 fully saturated rings. The molecule has 2 rings (SSSR count). The van der Waals surface area contributed by atoms with Crippen LogP contribution in [0.4, 0.5) is 0 Å². The molecule has 80 valence electrons. The van der Waals surface area contributed by atoms with Crippen LogP contribution in [0, 0.1) is 0 Å². The monoisotopic (exact) mass is 259 g/mol. The summed E-state index contributed by atoms with van der Waals surface area (Å²) in [6.45, 7) is 0. The summed E-state index contributed by atoms with van der Waals surface area (Å²) in [6, 6.07) is 5.85. The van der Waals surface area contributed by atoms with Crippen LogP contribution in [0.5, 0.6) is 0 Å². The Balaban J connectivity index is 2.16. The van der Waals surface area contributed by atoms with Gasteiger partial charge in [0, 0.05) is 10.9 Å². The molecule has 1 heterocycles. The van der Waals surface area contributed by atoms with Crippen LogP contribution in [0.1, 0.15) is 17.8 Å². The number of hydrogen-bond acceptors (Lipinski definition) is 2. The second-order valence-corrected chi connectivity index (χ2v) is 5.30. The standard InChI is InChI=1S/C11H11Cl2NS/c12-6-2-1-3-11-14-9-7-8(13)4-5-10(9)15-11/h4-5,7H,1-3,6H2. The molecule has 1 aromatic carbocycles. The molecule has 0 saturated heterocycles. The second-order valence-electron chi connectivity index (χ2n) is 3.37. The van der Waals surface area contributed by atoms with Crippen LogP contribution in [0.15, 0.2) is 18.2 Å². The van der Waals surface area contributed by atoms with Crippen molar-refractivity contribution in [3.05, 3.63) is 28.2 Å². The van der Waals surface area contributed by atoms with Gasteiger partial charge >= 0.3 is 0 Å². The molecule has 15 heavy (non-hydrogen) atoms. The molecule has 0 radical (unpaired) electrons. The van der Waals surface area contributed by atoms with Gasteiger partial charge in [-0.25, -0.2) is 4.98 Å². The number of halogens is 2. The first-order valence-corrected chi connectivity index (χ1v) is 6.63. The molecule has 0 atom stereocenters. The van der Waals surface area contributed by atoms with Crippen LogP contribution in [0.3, 0.4) is 0 Å². The van der Waals surface area contributed by atoms with Gasteiger partial charge in [0.2, 0.25) is 0 Å². The van der Waals surface area contributed by atoms with E-state index >= 15 is 0 Å². The third kappa shape index (κ3) is 2.83. The van der Waals surface area contributed by atoms with E-state index in [1.165, 1.54) is 9.71 Å². The average Bonchev–Trinajstić information content (AvgIpc) is 2.60. The molecule has 1 nitrogen and oxygen atoms in total. The van der Waals surface area contributed by atoms with Gasteiger partial charge in [0.1, 0.15) is 0 Å². The summed E-state index contributed by atoms with van der Waals surface area (Å²) in [5.41, 5.74) is 1.01. The average molecular weight is 260 g/mol. The number of thiazole rings is 1. The Hall–Kier alpha value is -0.310. The minimum absolute atomic E-state index is 0.733. The number of benzene rings is 1. The summed E-state index contributed by atoms with van der Waals surface area (Å²) in [7, 11) is 0. The summed E-state index contributed by atoms with van der Waals surface area (Å²) in [4.78, 5) is 4.54. The number of nitrogens with zero attached hydrogens (tertiary/aromatic N) is 1. The summed E-state index contributed by atoms with van der Waals surface area (Å²) < 4.78 is 1.21. The van der Waals surface area contributed by atoms with Gasteiger partial charge in [-0.2, -0.15) is 0 Å². The second kappa shape index (κ2) is 5.15. The van der Waals surface area contributed by atoms with E-state index in [1.54, 1.807) is 11.3 Å². The normalized spacial score (nSPS) is 11.1. The molecule has 0 aliphatic rings. The van der Waals surface area contributed by atoms with Crippen LogP contribution < -0.4 is 0 Å². The highest BCUT2D eigenvalue weighted by atomic mass is 35.5. The maximum atomic E-state index is 5.90. The fourth-order valence-corrected chi connectivity index (χ4v) is 2.77. The maximum Gasteiger partial charge on any atom is 0.0938 e. The van der Waals surface area contributed by atoms with Gasteiger partial charge in [0.05, 0.1) is 15.2 Å². The van der Waals surface area contributed by atoms with Crippen LogP contribution >= 0.6 is 34.5 Å². The fourth-order valence-electron chi connectivity index (χ4n) is 1.43. The van der Waals surface area contributed by atoms with E-state index in [9.17, 15) is 0 Å². The molecule has 0 N–H and O–H groups in total. The molecule has 0 aliphatic heterocycles. The lowest BCUT2D eigenvalue weighted by molar-refractivity contribution is 0.796. The zero-order chi connectivity index (χ0) is 10.7. The van der Waals surface area contributed by atoms with Crippen LogP contribution in [0.2, 0.25) is 5.02 Å². The highest BCUT2D eigenvalue weighted by Crippen LogP contribution is 2.25. The van der Waals surface area contributed by atoms with Crippen molar-refractivity contribution in [1.29, 1.82) is 0 Å². The minimum atomic E-state index is 0.733. The fraction of sp³-hybridized carbons (Fsp3) is 0.364. The first kappa shape index (κ1) is 11.2. The Kier molecular flexibility index (Phi) is 3.84. The number of hydrogen-bond donors (Lipinski definition) is 0. The van der Waals surface area contributed by atoms with Crippen LogP contribution in [-0.4, -0.2) is 10.9 Å². The first-order valence-electron chi connectivity index (χ1n) is 4.90. The molecular weight excluding hydrogens is 249 g/mol. The molecule has 1 aromatic heterocycles. The third-order valence-corrected chi connectivity index (χ3v) is 3.77. The summed E-state index contributed by atoms with van der Waals surface area (Å²) in [5, 5.41) is 1.93. The summed E-state index contributed by atoms with van der Waals surface area (Å²) in [5.74, 6) is 0.733. The first-order chi connectivity index (χ1) is 7.29. The van der Waals surface area contributed by atoms with E-state index in [0.29, 0.717) is 0 Å². The molecule has 4 heteroatoms. The summed E-state index contributed by atoms with van der Waals surface area (Å²) in [6.07, 6.45) is 3.18. The maximum absolute atomic E-state index is 5.90. The topological polar surface area (TPSA) is 12.9 Å². The van der Waals surface area contributed by atoms with Crippen molar-refractivity contribution in [3.8, 4) is 0 Å². The summed E-state index contributed by atoms with van der Waals surface area (Å²) >= 11 is 13.3. The zero-order valence-electron chi connectivity index (χ0n) is 8.17.